The minimum atomic E-state index is -1.34. The first-order valence-corrected chi connectivity index (χ1v) is 12.5. The second-order valence-electron chi connectivity index (χ2n) is 9.41. The van der Waals surface area contributed by atoms with E-state index in [4.69, 9.17) is 10.5 Å². The van der Waals surface area contributed by atoms with Gasteiger partial charge < -0.3 is 20.7 Å². The molecule has 200 valence electrons. The van der Waals surface area contributed by atoms with Crippen molar-refractivity contribution in [1.82, 2.24) is 9.80 Å². The van der Waals surface area contributed by atoms with Crippen molar-refractivity contribution in [2.24, 2.45) is 5.73 Å². The van der Waals surface area contributed by atoms with Crippen LogP contribution in [0.5, 0.6) is 0 Å². The molecule has 0 saturated carbocycles. The summed E-state index contributed by atoms with van der Waals surface area (Å²) in [5, 5.41) is 2.50. The molecule has 12 heteroatoms. The van der Waals surface area contributed by atoms with Crippen LogP contribution >= 0.6 is 22.6 Å². The summed E-state index contributed by atoms with van der Waals surface area (Å²) in [5.74, 6) is -5.08. The Balaban J connectivity index is 1.89. The Morgan fingerprint density at radius 3 is 2.35 bits per heavy atom. The lowest BCUT2D eigenvalue weighted by atomic mass is 9.89. The number of halogens is 4. The third kappa shape index (κ3) is 6.00. The van der Waals surface area contributed by atoms with Crippen LogP contribution in [0.25, 0.3) is 0 Å². The molecule has 0 bridgehead atoms. The number of hydrogen-bond acceptors (Lipinski definition) is 6. The first-order valence-electron chi connectivity index (χ1n) is 11.4. The average molecular weight is 632 g/mol. The van der Waals surface area contributed by atoms with E-state index in [0.29, 0.717) is 10.1 Å². The van der Waals surface area contributed by atoms with Crippen molar-refractivity contribution < 1.29 is 32.3 Å². The van der Waals surface area contributed by atoms with Crippen molar-refractivity contribution in [1.29, 1.82) is 0 Å². The van der Waals surface area contributed by atoms with E-state index in [2.05, 4.69) is 5.32 Å². The number of carbonyl (C=O) groups excluding carboxylic acids is 3. The number of likely N-dealkylation sites (N-methyl/N-ethyl adjacent to an activating group) is 1. The molecule has 8 nitrogen and oxygen atoms in total. The number of ether oxygens (including phenoxy) is 1. The number of anilines is 2. The summed E-state index contributed by atoms with van der Waals surface area (Å²) in [5.41, 5.74) is 2.48. The summed E-state index contributed by atoms with van der Waals surface area (Å²) >= 11 is 1.91. The summed E-state index contributed by atoms with van der Waals surface area (Å²) in [6, 6.07) is 6.04. The highest BCUT2D eigenvalue weighted by Crippen LogP contribution is 2.34. The summed E-state index contributed by atoms with van der Waals surface area (Å²) < 4.78 is 49.4. The molecule has 3 N–H and O–H groups in total. The molecule has 0 radical (unpaired) electrons. The first kappa shape index (κ1) is 28.7. The quantitative estimate of drug-likeness (QED) is 0.322. The van der Waals surface area contributed by atoms with E-state index in [1.165, 1.54) is 24.0 Å². The zero-order chi connectivity index (χ0) is 27.7. The van der Waals surface area contributed by atoms with Crippen LogP contribution in [0.4, 0.5) is 24.5 Å². The van der Waals surface area contributed by atoms with Crippen molar-refractivity contribution in [3.05, 3.63) is 56.9 Å². The number of nitrogens with two attached hydrogens (primary N) is 1. The van der Waals surface area contributed by atoms with Gasteiger partial charge in [0.05, 0.1) is 35.6 Å². The van der Waals surface area contributed by atoms with E-state index in [9.17, 15) is 27.6 Å². The molecular formula is C25H28F3IN4O4. The van der Waals surface area contributed by atoms with Gasteiger partial charge in [-0.3, -0.25) is 19.3 Å². The lowest BCUT2D eigenvalue weighted by molar-refractivity contribution is -0.180. The van der Waals surface area contributed by atoms with Crippen LogP contribution in [-0.2, 0) is 14.3 Å². The van der Waals surface area contributed by atoms with Gasteiger partial charge in [-0.2, -0.15) is 0 Å². The molecule has 1 aliphatic heterocycles. The molecular weight excluding hydrogens is 604 g/mol. The number of nitrogens with one attached hydrogen (secondary N) is 1. The van der Waals surface area contributed by atoms with Gasteiger partial charge >= 0.3 is 5.97 Å². The zero-order valence-electron chi connectivity index (χ0n) is 20.8. The van der Waals surface area contributed by atoms with Gasteiger partial charge in [-0.05, 0) is 73.3 Å². The molecule has 1 aliphatic rings. The molecule has 37 heavy (non-hydrogen) atoms. The standard InChI is InChI=1S/C25H28F3IN4O4/c1-5-33(24(3,4)23(30)36)13-25(37-14(2)34)11-32(12-25)22(35)16-7-8-17(26)20(28)21(16)31-19-9-6-15(29)10-18(19)27/h6-10,31H,5,11-13H2,1-4H3,(H2,30,36). The van der Waals surface area contributed by atoms with Gasteiger partial charge in [-0.15, -0.1) is 0 Å². The monoisotopic (exact) mass is 632 g/mol. The fourth-order valence-corrected chi connectivity index (χ4v) is 4.70. The minimum Gasteiger partial charge on any atom is -0.454 e. The van der Waals surface area contributed by atoms with Crippen LogP contribution in [0.3, 0.4) is 0 Å². The second kappa shape index (κ2) is 10.9. The van der Waals surface area contributed by atoms with E-state index in [1.807, 2.05) is 29.5 Å². The third-order valence-corrected chi connectivity index (χ3v) is 7.05. The number of rotatable bonds is 9. The van der Waals surface area contributed by atoms with Crippen molar-refractivity contribution >= 4 is 51.7 Å². The molecule has 2 amide bonds. The van der Waals surface area contributed by atoms with E-state index in [1.54, 1.807) is 24.8 Å². The summed E-state index contributed by atoms with van der Waals surface area (Å²) in [6.45, 7) is 6.73. The highest BCUT2D eigenvalue weighted by Gasteiger charge is 2.51. The number of likely N-dealkylation sites (tertiary alicyclic amines) is 1. The fourth-order valence-electron chi connectivity index (χ4n) is 4.25. The molecule has 3 rings (SSSR count). The number of hydrogen-bond donors (Lipinski definition) is 2. The Morgan fingerprint density at radius 2 is 1.81 bits per heavy atom. The van der Waals surface area contributed by atoms with Gasteiger partial charge in [0.2, 0.25) is 5.91 Å². The molecule has 0 spiro atoms. The van der Waals surface area contributed by atoms with E-state index in [-0.39, 0.29) is 30.9 Å². The van der Waals surface area contributed by atoms with Crippen LogP contribution < -0.4 is 11.1 Å². The number of benzene rings is 2. The normalized spacial score (nSPS) is 14.8. The molecule has 2 aromatic rings. The first-order chi connectivity index (χ1) is 17.2. The maximum atomic E-state index is 14.8. The maximum absolute atomic E-state index is 14.8. The van der Waals surface area contributed by atoms with Crippen molar-refractivity contribution in [3.63, 3.8) is 0 Å². The predicted octanol–water partition coefficient (Wildman–Crippen LogP) is 3.80. The largest absolute Gasteiger partial charge is 0.454 e. The number of amides is 2. The maximum Gasteiger partial charge on any atom is 0.303 e. The molecule has 0 aliphatic carbocycles. The van der Waals surface area contributed by atoms with Gasteiger partial charge in [0.15, 0.2) is 17.2 Å². The Labute approximate surface area is 226 Å². The van der Waals surface area contributed by atoms with E-state index in [0.717, 1.165) is 12.1 Å². The zero-order valence-corrected chi connectivity index (χ0v) is 23.0. The molecule has 1 saturated heterocycles. The Hall–Kier alpha value is -2.87. The van der Waals surface area contributed by atoms with Crippen LogP contribution in [0.1, 0.15) is 38.1 Å². The van der Waals surface area contributed by atoms with Crippen LogP contribution in [0, 0.1) is 21.0 Å². The van der Waals surface area contributed by atoms with Gasteiger partial charge in [0.25, 0.3) is 5.91 Å². The smallest absolute Gasteiger partial charge is 0.303 e. The number of esters is 1. The molecule has 0 unspecified atom stereocenters. The van der Waals surface area contributed by atoms with Gasteiger partial charge in [-0.25, -0.2) is 13.2 Å². The number of primary amides is 1. The third-order valence-electron chi connectivity index (χ3n) is 6.38. The number of carbonyl (C=O) groups is 3. The van der Waals surface area contributed by atoms with Crippen molar-refractivity contribution in [2.45, 2.75) is 38.8 Å². The Kier molecular flexibility index (Phi) is 8.42. The molecule has 2 aromatic carbocycles. The molecule has 0 atom stereocenters. The lowest BCUT2D eigenvalue weighted by Gasteiger charge is -2.52. The van der Waals surface area contributed by atoms with E-state index < -0.39 is 52.1 Å². The predicted molar refractivity (Wildman–Crippen MR) is 140 cm³/mol. The highest BCUT2D eigenvalue weighted by atomic mass is 127. The second-order valence-corrected chi connectivity index (χ2v) is 10.7. The van der Waals surface area contributed by atoms with E-state index >= 15 is 0 Å². The summed E-state index contributed by atoms with van der Waals surface area (Å²) in [4.78, 5) is 40.3. The summed E-state index contributed by atoms with van der Waals surface area (Å²) in [7, 11) is 0. The van der Waals surface area contributed by atoms with Gasteiger partial charge in [0.1, 0.15) is 5.82 Å². The van der Waals surface area contributed by atoms with Crippen LogP contribution in [0.2, 0.25) is 0 Å². The highest BCUT2D eigenvalue weighted by molar-refractivity contribution is 14.1. The van der Waals surface area contributed by atoms with Crippen molar-refractivity contribution in [2.75, 3.05) is 31.5 Å². The van der Waals surface area contributed by atoms with Crippen LogP contribution in [-0.4, -0.2) is 64.9 Å². The fraction of sp³-hybridized carbons (Fsp3) is 0.400. The van der Waals surface area contributed by atoms with Gasteiger partial charge in [-0.1, -0.05) is 6.92 Å². The lowest BCUT2D eigenvalue weighted by Crippen LogP contribution is -2.71. The summed E-state index contributed by atoms with van der Waals surface area (Å²) in [6.07, 6.45) is 0. The molecule has 1 heterocycles. The minimum absolute atomic E-state index is 0.0624. The average Bonchev–Trinajstić information content (AvgIpc) is 2.78. The van der Waals surface area contributed by atoms with Gasteiger partial charge in [0, 0.05) is 17.0 Å². The molecule has 0 aromatic heterocycles. The van der Waals surface area contributed by atoms with Crippen LogP contribution in [0.15, 0.2) is 30.3 Å². The van der Waals surface area contributed by atoms with Crippen molar-refractivity contribution in [3.8, 4) is 0 Å². The number of nitrogens with zero attached hydrogens (tertiary/aromatic N) is 2. The topological polar surface area (TPSA) is 105 Å². The Morgan fingerprint density at radius 1 is 1.16 bits per heavy atom. The SMILES string of the molecule is CCN(CC1(OC(C)=O)CN(C(=O)c2ccc(F)c(F)c2Nc2ccc(I)cc2F)C1)C(C)(C)C(N)=O. The molecule has 1 fully saturated rings. The Bertz CT molecular complexity index is 1230.